The molecule has 0 amide bonds. The molecule has 1 aromatic heterocycles. The molecule has 2 N–H and O–H groups in total. The summed E-state index contributed by atoms with van der Waals surface area (Å²) in [5.41, 5.74) is 6.94. The summed E-state index contributed by atoms with van der Waals surface area (Å²) < 4.78 is 16.4. The summed E-state index contributed by atoms with van der Waals surface area (Å²) in [6.45, 7) is 0. The fourth-order valence-corrected chi connectivity index (χ4v) is 2.04. The Morgan fingerprint density at radius 3 is 2.76 bits per heavy atom. The van der Waals surface area contributed by atoms with Crippen LogP contribution in [0, 0.1) is 11.3 Å². The van der Waals surface area contributed by atoms with E-state index in [9.17, 15) is 5.26 Å². The molecule has 5 nitrogen and oxygen atoms in total. The number of methoxy groups -OCH3 is 1. The summed E-state index contributed by atoms with van der Waals surface area (Å²) in [6, 6.07) is 14.4. The van der Waals surface area contributed by atoms with Gasteiger partial charge in [0.1, 0.15) is 17.4 Å². The van der Waals surface area contributed by atoms with Crippen molar-refractivity contribution in [2.24, 2.45) is 0 Å². The van der Waals surface area contributed by atoms with Crippen LogP contribution < -0.4 is 15.2 Å². The van der Waals surface area contributed by atoms with E-state index in [1.54, 1.807) is 31.4 Å². The number of anilines is 1. The second-order valence-corrected chi connectivity index (χ2v) is 4.37. The number of fused-ring (bicyclic) bond motifs is 1. The van der Waals surface area contributed by atoms with Crippen LogP contribution in [0.2, 0.25) is 0 Å². The Morgan fingerprint density at radius 1 is 1.19 bits per heavy atom. The summed E-state index contributed by atoms with van der Waals surface area (Å²) >= 11 is 0. The molecule has 3 rings (SSSR count). The minimum absolute atomic E-state index is 0.110. The van der Waals surface area contributed by atoms with Gasteiger partial charge in [0, 0.05) is 6.07 Å². The number of nitrogens with zero attached hydrogens (tertiary/aromatic N) is 1. The number of furan rings is 1. The Bertz CT molecular complexity index is 846. The predicted octanol–water partition coefficient (Wildman–Crippen LogP) is 3.69. The van der Waals surface area contributed by atoms with Crippen molar-refractivity contribution in [2.45, 2.75) is 0 Å². The zero-order valence-corrected chi connectivity index (χ0v) is 11.3. The van der Waals surface area contributed by atoms with Gasteiger partial charge in [-0.25, -0.2) is 0 Å². The van der Waals surface area contributed by atoms with Crippen molar-refractivity contribution in [2.75, 3.05) is 12.8 Å². The average molecular weight is 280 g/mol. The molecule has 0 radical (unpaired) electrons. The van der Waals surface area contributed by atoms with Crippen molar-refractivity contribution in [3.8, 4) is 23.3 Å². The minimum atomic E-state index is 0.110. The fraction of sp³-hybridized carbons (Fsp3) is 0.0625. The third kappa shape index (κ3) is 2.23. The molecular formula is C16H12N2O3. The summed E-state index contributed by atoms with van der Waals surface area (Å²) in [5.74, 6) is 1.49. The third-order valence-corrected chi connectivity index (χ3v) is 3.08. The largest absolute Gasteiger partial charge is 0.497 e. The Labute approximate surface area is 121 Å². The first-order valence-electron chi connectivity index (χ1n) is 6.26. The standard InChI is InChI=1S/C16H12N2O3/c1-19-10-6-7-12(18)14(8-10)21-16-11-4-2-3-5-13(11)20-15(16)9-17/h2-8H,18H2,1H3. The van der Waals surface area contributed by atoms with Crippen molar-refractivity contribution >= 4 is 16.7 Å². The van der Waals surface area contributed by atoms with Crippen molar-refractivity contribution in [3.05, 3.63) is 48.2 Å². The molecule has 0 unspecified atom stereocenters. The van der Waals surface area contributed by atoms with Crippen molar-refractivity contribution in [1.29, 1.82) is 5.26 Å². The second kappa shape index (κ2) is 5.10. The van der Waals surface area contributed by atoms with E-state index >= 15 is 0 Å². The summed E-state index contributed by atoms with van der Waals surface area (Å²) in [4.78, 5) is 0. The third-order valence-electron chi connectivity index (χ3n) is 3.08. The molecular weight excluding hydrogens is 268 g/mol. The van der Waals surface area contributed by atoms with Gasteiger partial charge in [-0.05, 0) is 24.3 Å². The normalized spacial score (nSPS) is 10.3. The number of para-hydroxylation sites is 1. The van der Waals surface area contributed by atoms with E-state index in [1.165, 1.54) is 0 Å². The molecule has 0 aliphatic heterocycles. The lowest BCUT2D eigenvalue weighted by Crippen LogP contribution is -1.94. The summed E-state index contributed by atoms with van der Waals surface area (Å²) in [5, 5.41) is 9.91. The van der Waals surface area contributed by atoms with Crippen LogP contribution in [0.4, 0.5) is 5.69 Å². The lowest BCUT2D eigenvalue weighted by atomic mass is 10.2. The molecule has 0 fully saturated rings. The predicted molar refractivity (Wildman–Crippen MR) is 78.4 cm³/mol. The van der Waals surface area contributed by atoms with E-state index < -0.39 is 0 Å². The van der Waals surface area contributed by atoms with E-state index in [-0.39, 0.29) is 5.76 Å². The van der Waals surface area contributed by atoms with Crippen LogP contribution in [-0.4, -0.2) is 7.11 Å². The maximum atomic E-state index is 9.19. The van der Waals surface area contributed by atoms with E-state index in [0.717, 1.165) is 5.39 Å². The van der Waals surface area contributed by atoms with Crippen molar-refractivity contribution in [1.82, 2.24) is 0 Å². The smallest absolute Gasteiger partial charge is 0.247 e. The number of nitrogen functional groups attached to an aromatic ring is 1. The van der Waals surface area contributed by atoms with Crippen LogP contribution in [0.3, 0.4) is 0 Å². The fourth-order valence-electron chi connectivity index (χ4n) is 2.04. The first-order valence-corrected chi connectivity index (χ1v) is 6.26. The van der Waals surface area contributed by atoms with Crippen molar-refractivity contribution in [3.63, 3.8) is 0 Å². The molecule has 104 valence electrons. The van der Waals surface area contributed by atoms with Gasteiger partial charge in [-0.3, -0.25) is 0 Å². The Balaban J connectivity index is 2.12. The molecule has 3 aromatic rings. The Hall–Kier alpha value is -3.13. The van der Waals surface area contributed by atoms with Gasteiger partial charge in [0.2, 0.25) is 5.76 Å². The van der Waals surface area contributed by atoms with Gasteiger partial charge < -0.3 is 19.6 Å². The number of rotatable bonds is 3. The van der Waals surface area contributed by atoms with Crippen LogP contribution in [0.15, 0.2) is 46.9 Å². The van der Waals surface area contributed by atoms with Gasteiger partial charge in [-0.1, -0.05) is 12.1 Å². The Morgan fingerprint density at radius 2 is 2.00 bits per heavy atom. The molecule has 21 heavy (non-hydrogen) atoms. The molecule has 0 atom stereocenters. The van der Waals surface area contributed by atoms with Crippen LogP contribution in [0.5, 0.6) is 17.2 Å². The first kappa shape index (κ1) is 12.9. The molecule has 5 heteroatoms. The van der Waals surface area contributed by atoms with Crippen LogP contribution >= 0.6 is 0 Å². The van der Waals surface area contributed by atoms with E-state index in [4.69, 9.17) is 19.6 Å². The lowest BCUT2D eigenvalue weighted by Gasteiger charge is -2.09. The molecule has 0 spiro atoms. The van der Waals surface area contributed by atoms with Gasteiger partial charge in [0.15, 0.2) is 11.5 Å². The number of benzene rings is 2. The van der Waals surface area contributed by atoms with Gasteiger partial charge in [-0.2, -0.15) is 5.26 Å². The van der Waals surface area contributed by atoms with Crippen LogP contribution in [0.25, 0.3) is 11.0 Å². The number of hydrogen-bond acceptors (Lipinski definition) is 5. The zero-order valence-electron chi connectivity index (χ0n) is 11.3. The van der Waals surface area contributed by atoms with Crippen LogP contribution in [0.1, 0.15) is 5.76 Å². The zero-order chi connectivity index (χ0) is 14.8. The highest BCUT2D eigenvalue weighted by atomic mass is 16.5. The topological polar surface area (TPSA) is 81.4 Å². The number of ether oxygens (including phenoxy) is 2. The maximum Gasteiger partial charge on any atom is 0.247 e. The molecule has 0 saturated heterocycles. The average Bonchev–Trinajstić information content (AvgIpc) is 2.87. The second-order valence-electron chi connectivity index (χ2n) is 4.37. The molecule has 0 aliphatic rings. The van der Waals surface area contributed by atoms with Gasteiger partial charge in [0.25, 0.3) is 0 Å². The number of hydrogen-bond donors (Lipinski definition) is 1. The SMILES string of the molecule is COc1ccc(N)c(Oc2c(C#N)oc3ccccc23)c1. The van der Waals surface area contributed by atoms with Gasteiger partial charge >= 0.3 is 0 Å². The highest BCUT2D eigenvalue weighted by Crippen LogP contribution is 2.38. The first-order chi connectivity index (χ1) is 10.2. The van der Waals surface area contributed by atoms with Gasteiger partial charge in [-0.15, -0.1) is 0 Å². The molecule has 0 aliphatic carbocycles. The van der Waals surface area contributed by atoms with E-state index in [1.807, 2.05) is 24.3 Å². The highest BCUT2D eigenvalue weighted by Gasteiger charge is 2.17. The van der Waals surface area contributed by atoms with E-state index in [2.05, 4.69) is 0 Å². The quantitative estimate of drug-likeness (QED) is 0.740. The number of nitriles is 1. The van der Waals surface area contributed by atoms with Gasteiger partial charge in [0.05, 0.1) is 18.2 Å². The molecule has 0 saturated carbocycles. The lowest BCUT2D eigenvalue weighted by molar-refractivity contribution is 0.408. The molecule has 1 heterocycles. The Kier molecular flexibility index (Phi) is 3.13. The summed E-state index contributed by atoms with van der Waals surface area (Å²) in [7, 11) is 1.56. The van der Waals surface area contributed by atoms with Crippen LogP contribution in [-0.2, 0) is 0 Å². The molecule has 0 bridgehead atoms. The maximum absolute atomic E-state index is 9.19. The highest BCUT2D eigenvalue weighted by molar-refractivity contribution is 5.87. The monoisotopic (exact) mass is 280 g/mol. The number of nitrogens with two attached hydrogens (primary N) is 1. The minimum Gasteiger partial charge on any atom is -0.497 e. The molecule has 2 aromatic carbocycles. The van der Waals surface area contributed by atoms with Crippen molar-refractivity contribution < 1.29 is 13.9 Å². The van der Waals surface area contributed by atoms with E-state index in [0.29, 0.717) is 28.5 Å². The summed E-state index contributed by atoms with van der Waals surface area (Å²) in [6.07, 6.45) is 0.